The van der Waals surface area contributed by atoms with Crippen LogP contribution in [-0.2, 0) is 0 Å². The second-order valence-electron chi connectivity index (χ2n) is 6.23. The van der Waals surface area contributed by atoms with Gasteiger partial charge in [-0.25, -0.2) is 0 Å². The highest BCUT2D eigenvalue weighted by Crippen LogP contribution is 2.52. The van der Waals surface area contributed by atoms with E-state index >= 15 is 0 Å². The average Bonchev–Trinajstić information content (AvgIpc) is 2.18. The molecule has 0 saturated heterocycles. The molecule has 1 heteroatoms. The number of aliphatic hydroxyl groups excluding tert-OH is 1. The van der Waals surface area contributed by atoms with Crippen LogP contribution in [0.15, 0.2) is 0 Å². The summed E-state index contributed by atoms with van der Waals surface area (Å²) in [4.78, 5) is 0. The Morgan fingerprint density at radius 2 is 1.73 bits per heavy atom. The Kier molecular flexibility index (Phi) is 3.39. The maximum absolute atomic E-state index is 9.56. The maximum Gasteiger partial charge on any atom is 0.0490 e. The molecular formula is C14H26O. The summed E-state index contributed by atoms with van der Waals surface area (Å²) in [5.41, 5.74) is 0.363. The van der Waals surface area contributed by atoms with Crippen LogP contribution in [0.4, 0.5) is 0 Å². The molecule has 88 valence electrons. The minimum Gasteiger partial charge on any atom is -0.396 e. The third kappa shape index (κ3) is 2.08. The highest BCUT2D eigenvalue weighted by atomic mass is 16.3. The van der Waals surface area contributed by atoms with Crippen LogP contribution in [-0.4, -0.2) is 11.7 Å². The molecule has 0 unspecified atom stereocenters. The molecule has 0 heterocycles. The number of aliphatic hydroxyl groups is 1. The Labute approximate surface area is 94.3 Å². The fourth-order valence-corrected chi connectivity index (χ4v) is 3.72. The van der Waals surface area contributed by atoms with Crippen LogP contribution in [0, 0.1) is 23.2 Å². The summed E-state index contributed by atoms with van der Waals surface area (Å²) in [6.45, 7) is 5.16. The van der Waals surface area contributed by atoms with Gasteiger partial charge in [0.1, 0.15) is 0 Å². The molecule has 2 aliphatic rings. The van der Waals surface area contributed by atoms with E-state index in [0.29, 0.717) is 12.0 Å². The van der Waals surface area contributed by atoms with Gasteiger partial charge < -0.3 is 5.11 Å². The molecule has 0 radical (unpaired) electrons. The molecule has 15 heavy (non-hydrogen) atoms. The summed E-state index contributed by atoms with van der Waals surface area (Å²) < 4.78 is 0. The molecule has 1 nitrogen and oxygen atoms in total. The van der Waals surface area contributed by atoms with Crippen molar-refractivity contribution in [2.75, 3.05) is 6.61 Å². The Morgan fingerprint density at radius 3 is 2.07 bits per heavy atom. The van der Waals surface area contributed by atoms with Gasteiger partial charge in [-0.05, 0) is 61.7 Å². The standard InChI is InChI=1S/C14H26O/c1-11(2)12-4-6-13(7-5-12)14(10-15)8-3-9-14/h11-13,15H,3-10H2,1-2H3. The van der Waals surface area contributed by atoms with E-state index in [1.807, 2.05) is 0 Å². The largest absolute Gasteiger partial charge is 0.396 e. The molecule has 1 N–H and O–H groups in total. The Balaban J connectivity index is 1.87. The smallest absolute Gasteiger partial charge is 0.0490 e. The monoisotopic (exact) mass is 210 g/mol. The quantitative estimate of drug-likeness (QED) is 0.754. The minimum absolute atomic E-state index is 0.363. The first-order chi connectivity index (χ1) is 7.18. The molecule has 2 fully saturated rings. The predicted molar refractivity (Wildman–Crippen MR) is 63.7 cm³/mol. The fourth-order valence-electron chi connectivity index (χ4n) is 3.72. The number of hydrogen-bond acceptors (Lipinski definition) is 1. The van der Waals surface area contributed by atoms with Crippen molar-refractivity contribution in [1.29, 1.82) is 0 Å². The summed E-state index contributed by atoms with van der Waals surface area (Å²) in [5.74, 6) is 2.65. The van der Waals surface area contributed by atoms with Crippen molar-refractivity contribution in [2.45, 2.75) is 58.8 Å². The van der Waals surface area contributed by atoms with Gasteiger partial charge in [0.25, 0.3) is 0 Å². The van der Waals surface area contributed by atoms with E-state index in [1.165, 1.54) is 44.9 Å². The lowest BCUT2D eigenvalue weighted by molar-refractivity contribution is -0.0362. The first-order valence-electron chi connectivity index (χ1n) is 6.79. The van der Waals surface area contributed by atoms with Crippen molar-refractivity contribution >= 4 is 0 Å². The van der Waals surface area contributed by atoms with Gasteiger partial charge in [-0.15, -0.1) is 0 Å². The summed E-state index contributed by atoms with van der Waals surface area (Å²) in [7, 11) is 0. The third-order valence-electron chi connectivity index (χ3n) is 5.24. The Bertz CT molecular complexity index is 192. The van der Waals surface area contributed by atoms with Gasteiger partial charge in [0.2, 0.25) is 0 Å². The number of rotatable bonds is 3. The predicted octanol–water partition coefficient (Wildman–Crippen LogP) is 3.61. The Hall–Kier alpha value is -0.0400. The van der Waals surface area contributed by atoms with Crippen molar-refractivity contribution in [3.63, 3.8) is 0 Å². The highest BCUT2D eigenvalue weighted by molar-refractivity contribution is 4.94. The van der Waals surface area contributed by atoms with E-state index < -0.39 is 0 Å². The van der Waals surface area contributed by atoms with Crippen molar-refractivity contribution in [3.8, 4) is 0 Å². The SMILES string of the molecule is CC(C)C1CCC(C2(CO)CCC2)CC1. The molecule has 0 atom stereocenters. The molecule has 0 spiro atoms. The average molecular weight is 210 g/mol. The molecular weight excluding hydrogens is 184 g/mol. The molecule has 0 aliphatic heterocycles. The Morgan fingerprint density at radius 1 is 1.13 bits per heavy atom. The van der Waals surface area contributed by atoms with E-state index in [-0.39, 0.29) is 0 Å². The lowest BCUT2D eigenvalue weighted by atomic mass is 9.57. The second kappa shape index (κ2) is 4.45. The molecule has 2 rings (SSSR count). The first kappa shape index (κ1) is 11.4. The van der Waals surface area contributed by atoms with E-state index in [1.54, 1.807) is 0 Å². The van der Waals surface area contributed by atoms with E-state index in [0.717, 1.165) is 17.8 Å². The maximum atomic E-state index is 9.56. The van der Waals surface area contributed by atoms with Crippen molar-refractivity contribution in [1.82, 2.24) is 0 Å². The zero-order valence-corrected chi connectivity index (χ0v) is 10.3. The third-order valence-corrected chi connectivity index (χ3v) is 5.24. The molecule has 0 aromatic heterocycles. The lowest BCUT2D eigenvalue weighted by Gasteiger charge is -2.49. The first-order valence-corrected chi connectivity index (χ1v) is 6.79. The zero-order chi connectivity index (χ0) is 10.9. The van der Waals surface area contributed by atoms with E-state index in [4.69, 9.17) is 0 Å². The van der Waals surface area contributed by atoms with Gasteiger partial charge in [-0.2, -0.15) is 0 Å². The van der Waals surface area contributed by atoms with Crippen LogP contribution in [0.1, 0.15) is 58.8 Å². The van der Waals surface area contributed by atoms with Crippen LogP contribution in [0.2, 0.25) is 0 Å². The van der Waals surface area contributed by atoms with Crippen LogP contribution in [0.25, 0.3) is 0 Å². The van der Waals surface area contributed by atoms with Gasteiger partial charge in [0.15, 0.2) is 0 Å². The van der Waals surface area contributed by atoms with Crippen LogP contribution >= 0.6 is 0 Å². The van der Waals surface area contributed by atoms with Crippen LogP contribution in [0.5, 0.6) is 0 Å². The molecule has 0 bridgehead atoms. The van der Waals surface area contributed by atoms with Crippen molar-refractivity contribution < 1.29 is 5.11 Å². The van der Waals surface area contributed by atoms with Crippen molar-refractivity contribution in [3.05, 3.63) is 0 Å². The summed E-state index contributed by atoms with van der Waals surface area (Å²) >= 11 is 0. The van der Waals surface area contributed by atoms with Gasteiger partial charge in [0.05, 0.1) is 0 Å². The molecule has 0 aromatic rings. The topological polar surface area (TPSA) is 20.2 Å². The highest BCUT2D eigenvalue weighted by Gasteiger charge is 2.44. The van der Waals surface area contributed by atoms with Gasteiger partial charge in [-0.3, -0.25) is 0 Å². The van der Waals surface area contributed by atoms with Crippen LogP contribution in [0.3, 0.4) is 0 Å². The lowest BCUT2D eigenvalue weighted by Crippen LogP contribution is -2.42. The summed E-state index contributed by atoms with van der Waals surface area (Å²) in [6.07, 6.45) is 9.51. The van der Waals surface area contributed by atoms with E-state index in [9.17, 15) is 5.11 Å². The second-order valence-corrected chi connectivity index (χ2v) is 6.23. The minimum atomic E-state index is 0.363. The molecule has 0 amide bonds. The molecule has 2 saturated carbocycles. The van der Waals surface area contributed by atoms with Gasteiger partial charge >= 0.3 is 0 Å². The van der Waals surface area contributed by atoms with Gasteiger partial charge in [-0.1, -0.05) is 20.3 Å². The number of hydrogen-bond donors (Lipinski definition) is 1. The molecule has 2 aliphatic carbocycles. The molecule has 0 aromatic carbocycles. The zero-order valence-electron chi connectivity index (χ0n) is 10.3. The fraction of sp³-hybridized carbons (Fsp3) is 1.00. The van der Waals surface area contributed by atoms with Crippen LogP contribution < -0.4 is 0 Å². The normalized spacial score (nSPS) is 35.2. The van der Waals surface area contributed by atoms with E-state index in [2.05, 4.69) is 13.8 Å². The summed E-state index contributed by atoms with van der Waals surface area (Å²) in [5, 5.41) is 9.56. The van der Waals surface area contributed by atoms with Crippen molar-refractivity contribution in [2.24, 2.45) is 23.2 Å². The summed E-state index contributed by atoms with van der Waals surface area (Å²) in [6, 6.07) is 0. The van der Waals surface area contributed by atoms with Gasteiger partial charge in [0, 0.05) is 6.61 Å².